The van der Waals surface area contributed by atoms with Crippen molar-refractivity contribution in [3.05, 3.63) is 23.8 Å². The van der Waals surface area contributed by atoms with Gasteiger partial charge >= 0.3 is 0 Å². The first-order valence-electron chi connectivity index (χ1n) is 7.57. The summed E-state index contributed by atoms with van der Waals surface area (Å²) >= 11 is 0. The number of nitrogens with one attached hydrogen (secondary N) is 1. The second-order valence-corrected chi connectivity index (χ2v) is 7.66. The van der Waals surface area contributed by atoms with Gasteiger partial charge in [-0.1, -0.05) is 13.8 Å². The molecule has 0 fully saturated rings. The number of carbonyl (C=O) groups is 1. The predicted molar refractivity (Wildman–Crippen MR) is 90.0 cm³/mol. The van der Waals surface area contributed by atoms with Crippen molar-refractivity contribution in [2.24, 2.45) is 5.92 Å². The van der Waals surface area contributed by atoms with Gasteiger partial charge < -0.3 is 9.64 Å². The van der Waals surface area contributed by atoms with Gasteiger partial charge in [-0.25, -0.2) is 13.1 Å². The normalized spacial score (nSPS) is 11.6. The number of carbonyl (C=O) groups excluding carboxylic acids is 1. The highest BCUT2D eigenvalue weighted by Crippen LogP contribution is 2.21. The molecule has 0 heterocycles. The SMILES string of the molecule is COc1ccc(S(=O)(=O)NCCN(CC(C)C)C(C)=O)cc1C. The van der Waals surface area contributed by atoms with Crippen molar-refractivity contribution < 1.29 is 17.9 Å². The molecule has 7 heteroatoms. The van der Waals surface area contributed by atoms with E-state index >= 15 is 0 Å². The second-order valence-electron chi connectivity index (χ2n) is 5.89. The van der Waals surface area contributed by atoms with Gasteiger partial charge in [0.2, 0.25) is 15.9 Å². The van der Waals surface area contributed by atoms with E-state index in [0.29, 0.717) is 24.8 Å². The smallest absolute Gasteiger partial charge is 0.240 e. The van der Waals surface area contributed by atoms with Crippen molar-refractivity contribution in [1.82, 2.24) is 9.62 Å². The topological polar surface area (TPSA) is 75.7 Å². The highest BCUT2D eigenvalue weighted by molar-refractivity contribution is 7.89. The molecule has 0 atom stereocenters. The quantitative estimate of drug-likeness (QED) is 0.781. The molecule has 23 heavy (non-hydrogen) atoms. The van der Waals surface area contributed by atoms with E-state index in [0.717, 1.165) is 5.56 Å². The number of aryl methyl sites for hydroxylation is 1. The maximum atomic E-state index is 12.3. The number of methoxy groups -OCH3 is 1. The molecule has 0 spiro atoms. The van der Waals surface area contributed by atoms with Gasteiger partial charge in [-0.2, -0.15) is 0 Å². The molecule has 0 aliphatic rings. The van der Waals surface area contributed by atoms with Crippen LogP contribution in [0.2, 0.25) is 0 Å². The molecule has 0 aromatic heterocycles. The fourth-order valence-corrected chi connectivity index (χ4v) is 3.34. The number of rotatable bonds is 8. The Labute approximate surface area is 138 Å². The Kier molecular flexibility index (Phi) is 7.02. The summed E-state index contributed by atoms with van der Waals surface area (Å²) in [5.41, 5.74) is 0.751. The molecule has 0 aliphatic carbocycles. The van der Waals surface area contributed by atoms with Crippen molar-refractivity contribution >= 4 is 15.9 Å². The van der Waals surface area contributed by atoms with Crippen LogP contribution in [0.25, 0.3) is 0 Å². The minimum Gasteiger partial charge on any atom is -0.496 e. The third kappa shape index (κ3) is 5.84. The minimum absolute atomic E-state index is 0.0572. The van der Waals surface area contributed by atoms with Crippen LogP contribution in [0.15, 0.2) is 23.1 Å². The molecule has 0 radical (unpaired) electrons. The van der Waals surface area contributed by atoms with Crippen molar-refractivity contribution in [3.8, 4) is 5.75 Å². The van der Waals surface area contributed by atoms with Crippen molar-refractivity contribution in [1.29, 1.82) is 0 Å². The Hall–Kier alpha value is -1.60. The van der Waals surface area contributed by atoms with Crippen molar-refractivity contribution in [2.75, 3.05) is 26.7 Å². The standard InChI is InChI=1S/C16H26N2O4S/c1-12(2)11-18(14(4)19)9-8-17-23(20,21)15-6-7-16(22-5)13(3)10-15/h6-7,10,12,17H,8-9,11H2,1-5H3. The number of hydrogen-bond donors (Lipinski definition) is 1. The number of hydrogen-bond acceptors (Lipinski definition) is 4. The van der Waals surface area contributed by atoms with Gasteiger partial charge in [0.05, 0.1) is 12.0 Å². The Balaban J connectivity index is 2.72. The average molecular weight is 342 g/mol. The summed E-state index contributed by atoms with van der Waals surface area (Å²) in [5.74, 6) is 0.918. The van der Waals surface area contributed by atoms with Crippen LogP contribution < -0.4 is 9.46 Å². The molecule has 0 bridgehead atoms. The van der Waals surface area contributed by atoms with E-state index in [1.165, 1.54) is 13.0 Å². The molecule has 0 aliphatic heterocycles. The molecule has 130 valence electrons. The first-order chi connectivity index (χ1) is 10.7. The van der Waals surface area contributed by atoms with E-state index in [-0.39, 0.29) is 17.3 Å². The third-order valence-electron chi connectivity index (χ3n) is 3.38. The molecule has 0 saturated carbocycles. The number of nitrogens with zero attached hydrogens (tertiary/aromatic N) is 1. The zero-order valence-corrected chi connectivity index (χ0v) is 15.2. The third-order valence-corrected chi connectivity index (χ3v) is 4.84. The van der Waals surface area contributed by atoms with Gasteiger partial charge in [0.15, 0.2) is 0 Å². The van der Waals surface area contributed by atoms with Gasteiger partial charge in [-0.05, 0) is 36.6 Å². The van der Waals surface area contributed by atoms with E-state index in [2.05, 4.69) is 4.72 Å². The van der Waals surface area contributed by atoms with Crippen LogP contribution in [0.4, 0.5) is 0 Å². The maximum Gasteiger partial charge on any atom is 0.240 e. The monoisotopic (exact) mass is 342 g/mol. The molecule has 1 N–H and O–H groups in total. The highest BCUT2D eigenvalue weighted by atomic mass is 32.2. The largest absolute Gasteiger partial charge is 0.496 e. The molecule has 0 saturated heterocycles. The molecule has 1 aromatic rings. The maximum absolute atomic E-state index is 12.3. The van der Waals surface area contributed by atoms with Gasteiger partial charge in [0.1, 0.15) is 5.75 Å². The van der Waals surface area contributed by atoms with Crippen LogP contribution in [-0.4, -0.2) is 46.0 Å². The first-order valence-corrected chi connectivity index (χ1v) is 9.05. The van der Waals surface area contributed by atoms with Crippen LogP contribution in [0, 0.1) is 12.8 Å². The summed E-state index contributed by atoms with van der Waals surface area (Å²) in [6.07, 6.45) is 0. The van der Waals surface area contributed by atoms with E-state index in [1.807, 2.05) is 13.8 Å². The summed E-state index contributed by atoms with van der Waals surface area (Å²) in [6, 6.07) is 4.70. The van der Waals surface area contributed by atoms with Crippen LogP contribution in [0.5, 0.6) is 5.75 Å². The Morgan fingerprint density at radius 3 is 2.48 bits per heavy atom. The lowest BCUT2D eigenvalue weighted by atomic mass is 10.2. The summed E-state index contributed by atoms with van der Waals surface area (Å²) in [7, 11) is -2.06. The molecule has 6 nitrogen and oxygen atoms in total. The summed E-state index contributed by atoms with van der Waals surface area (Å²) in [5, 5.41) is 0. The lowest BCUT2D eigenvalue weighted by Crippen LogP contribution is -2.39. The first kappa shape index (κ1) is 19.4. The van der Waals surface area contributed by atoms with E-state index in [4.69, 9.17) is 4.74 Å². The average Bonchev–Trinajstić information content (AvgIpc) is 2.45. The van der Waals surface area contributed by atoms with Gasteiger partial charge in [0, 0.05) is 26.6 Å². The summed E-state index contributed by atoms with van der Waals surface area (Å²) in [6.45, 7) is 8.45. The number of amides is 1. The number of benzene rings is 1. The fourth-order valence-electron chi connectivity index (χ4n) is 2.23. The summed E-state index contributed by atoms with van der Waals surface area (Å²) in [4.78, 5) is 13.4. The predicted octanol–water partition coefficient (Wildman–Crippen LogP) is 1.79. The molecule has 1 rings (SSSR count). The van der Waals surface area contributed by atoms with Crippen molar-refractivity contribution in [2.45, 2.75) is 32.6 Å². The number of ether oxygens (including phenoxy) is 1. The lowest BCUT2D eigenvalue weighted by molar-refractivity contribution is -0.129. The zero-order chi connectivity index (χ0) is 17.6. The Morgan fingerprint density at radius 2 is 2.00 bits per heavy atom. The van der Waals surface area contributed by atoms with Crippen LogP contribution in [0.3, 0.4) is 0 Å². The van der Waals surface area contributed by atoms with Crippen molar-refractivity contribution in [3.63, 3.8) is 0 Å². The molecule has 1 aromatic carbocycles. The van der Waals surface area contributed by atoms with E-state index < -0.39 is 10.0 Å². The Morgan fingerprint density at radius 1 is 1.35 bits per heavy atom. The minimum atomic E-state index is -3.60. The van der Waals surface area contributed by atoms with Gasteiger partial charge in [0.25, 0.3) is 0 Å². The number of sulfonamides is 1. The Bertz CT molecular complexity index is 641. The fraction of sp³-hybridized carbons (Fsp3) is 0.562. The van der Waals surface area contributed by atoms with Gasteiger partial charge in [-0.15, -0.1) is 0 Å². The van der Waals surface area contributed by atoms with Crippen LogP contribution in [-0.2, 0) is 14.8 Å². The molecular weight excluding hydrogens is 316 g/mol. The second kappa shape index (κ2) is 8.31. The lowest BCUT2D eigenvalue weighted by Gasteiger charge is -2.23. The molecule has 1 amide bonds. The van der Waals surface area contributed by atoms with Gasteiger partial charge in [-0.3, -0.25) is 4.79 Å². The van der Waals surface area contributed by atoms with Crippen LogP contribution in [0.1, 0.15) is 26.3 Å². The van der Waals surface area contributed by atoms with Crippen LogP contribution >= 0.6 is 0 Å². The van der Waals surface area contributed by atoms with E-state index in [1.54, 1.807) is 31.1 Å². The molecular formula is C16H26N2O4S. The molecule has 0 unspecified atom stereocenters. The highest BCUT2D eigenvalue weighted by Gasteiger charge is 2.16. The summed E-state index contributed by atoms with van der Waals surface area (Å²) < 4.78 is 32.3. The van der Waals surface area contributed by atoms with E-state index in [9.17, 15) is 13.2 Å². The zero-order valence-electron chi connectivity index (χ0n) is 14.4.